The van der Waals surface area contributed by atoms with Gasteiger partial charge in [-0.15, -0.1) is 0 Å². The highest BCUT2D eigenvalue weighted by atomic mass is 16.2. The zero-order valence-electron chi connectivity index (χ0n) is 8.63. The van der Waals surface area contributed by atoms with Crippen molar-refractivity contribution in [2.24, 2.45) is 5.73 Å². The molecule has 0 atom stereocenters. The lowest BCUT2D eigenvalue weighted by Gasteiger charge is -2.05. The standard InChI is InChI=1S/C8H16N4O3/c1-6(13)10-4-5-12-8(15)7(14)11-3-2-9/h2-5,9H2,1H3,(H,10,13)(H,11,14)(H,12,15). The third kappa shape index (κ3) is 7.44. The second kappa shape index (κ2) is 7.74. The SMILES string of the molecule is CC(=O)NCCNC(=O)C(=O)NCCN. The maximum absolute atomic E-state index is 11.0. The predicted molar refractivity (Wildman–Crippen MR) is 53.8 cm³/mol. The molecule has 0 bridgehead atoms. The molecule has 0 saturated carbocycles. The van der Waals surface area contributed by atoms with Crippen LogP contribution in [0.3, 0.4) is 0 Å². The number of carbonyl (C=O) groups excluding carboxylic acids is 3. The minimum absolute atomic E-state index is 0.183. The molecule has 0 radical (unpaired) electrons. The van der Waals surface area contributed by atoms with E-state index >= 15 is 0 Å². The molecule has 7 nitrogen and oxygen atoms in total. The van der Waals surface area contributed by atoms with Gasteiger partial charge in [0, 0.05) is 33.1 Å². The normalized spacial score (nSPS) is 9.20. The van der Waals surface area contributed by atoms with Crippen molar-refractivity contribution in [2.75, 3.05) is 26.2 Å². The van der Waals surface area contributed by atoms with Crippen molar-refractivity contribution in [2.45, 2.75) is 6.92 Å². The monoisotopic (exact) mass is 216 g/mol. The summed E-state index contributed by atoms with van der Waals surface area (Å²) in [5, 5.41) is 7.14. The summed E-state index contributed by atoms with van der Waals surface area (Å²) < 4.78 is 0. The number of amides is 3. The van der Waals surface area contributed by atoms with Crippen LogP contribution in [0, 0.1) is 0 Å². The Kier molecular flexibility index (Phi) is 6.90. The Morgan fingerprint density at radius 3 is 1.87 bits per heavy atom. The van der Waals surface area contributed by atoms with Crippen LogP contribution in [0.25, 0.3) is 0 Å². The molecule has 5 N–H and O–H groups in total. The van der Waals surface area contributed by atoms with Crippen LogP contribution in [0.5, 0.6) is 0 Å². The van der Waals surface area contributed by atoms with Crippen LogP contribution < -0.4 is 21.7 Å². The quantitative estimate of drug-likeness (QED) is 0.296. The Morgan fingerprint density at radius 2 is 1.40 bits per heavy atom. The van der Waals surface area contributed by atoms with Gasteiger partial charge in [0.05, 0.1) is 0 Å². The summed E-state index contributed by atoms with van der Waals surface area (Å²) in [7, 11) is 0. The molecule has 0 aliphatic carbocycles. The third-order valence-electron chi connectivity index (χ3n) is 1.42. The van der Waals surface area contributed by atoms with Gasteiger partial charge in [0.25, 0.3) is 0 Å². The molecule has 0 spiro atoms. The minimum atomic E-state index is -0.728. The molecule has 0 fully saturated rings. The molecule has 86 valence electrons. The topological polar surface area (TPSA) is 113 Å². The van der Waals surface area contributed by atoms with Gasteiger partial charge >= 0.3 is 11.8 Å². The van der Waals surface area contributed by atoms with Gasteiger partial charge < -0.3 is 21.7 Å². The summed E-state index contributed by atoms with van der Waals surface area (Å²) in [6, 6.07) is 0. The van der Waals surface area contributed by atoms with Crippen LogP contribution in [0.15, 0.2) is 0 Å². The Morgan fingerprint density at radius 1 is 0.933 bits per heavy atom. The summed E-state index contributed by atoms with van der Waals surface area (Å²) in [6.07, 6.45) is 0. The van der Waals surface area contributed by atoms with E-state index in [0.29, 0.717) is 6.54 Å². The van der Waals surface area contributed by atoms with Crippen molar-refractivity contribution < 1.29 is 14.4 Å². The van der Waals surface area contributed by atoms with Gasteiger partial charge in [-0.25, -0.2) is 0 Å². The van der Waals surface area contributed by atoms with Crippen LogP contribution in [0.2, 0.25) is 0 Å². The van der Waals surface area contributed by atoms with Gasteiger partial charge in [0.2, 0.25) is 5.91 Å². The molecule has 0 aliphatic heterocycles. The van der Waals surface area contributed by atoms with E-state index in [1.54, 1.807) is 0 Å². The predicted octanol–water partition coefficient (Wildman–Crippen LogP) is -2.69. The second-order valence-corrected chi connectivity index (χ2v) is 2.78. The van der Waals surface area contributed by atoms with Gasteiger partial charge in [-0.3, -0.25) is 14.4 Å². The smallest absolute Gasteiger partial charge is 0.309 e. The Balaban J connectivity index is 3.55. The van der Waals surface area contributed by atoms with Gasteiger partial charge in [0.1, 0.15) is 0 Å². The highest BCUT2D eigenvalue weighted by Gasteiger charge is 2.10. The highest BCUT2D eigenvalue weighted by Crippen LogP contribution is 1.68. The van der Waals surface area contributed by atoms with Crippen LogP contribution >= 0.6 is 0 Å². The third-order valence-corrected chi connectivity index (χ3v) is 1.42. The number of rotatable bonds is 5. The molecule has 0 rings (SSSR count). The fourth-order valence-electron chi connectivity index (χ4n) is 0.761. The van der Waals surface area contributed by atoms with E-state index in [1.165, 1.54) is 6.92 Å². The number of hydrogen-bond donors (Lipinski definition) is 4. The highest BCUT2D eigenvalue weighted by molar-refractivity contribution is 6.35. The molecule has 3 amide bonds. The van der Waals surface area contributed by atoms with E-state index in [2.05, 4.69) is 16.0 Å². The van der Waals surface area contributed by atoms with E-state index in [9.17, 15) is 14.4 Å². The van der Waals surface area contributed by atoms with Crippen molar-refractivity contribution in [1.82, 2.24) is 16.0 Å². The van der Waals surface area contributed by atoms with Crippen molar-refractivity contribution in [3.63, 3.8) is 0 Å². The van der Waals surface area contributed by atoms with Gasteiger partial charge in [-0.2, -0.15) is 0 Å². The molecule has 0 saturated heterocycles. The van der Waals surface area contributed by atoms with E-state index in [4.69, 9.17) is 5.73 Å². The lowest BCUT2D eigenvalue weighted by Crippen LogP contribution is -2.43. The Labute approximate surface area is 87.8 Å². The van der Waals surface area contributed by atoms with E-state index in [-0.39, 0.29) is 25.5 Å². The van der Waals surface area contributed by atoms with Crippen LogP contribution in [-0.4, -0.2) is 43.9 Å². The molecule has 15 heavy (non-hydrogen) atoms. The zero-order valence-corrected chi connectivity index (χ0v) is 8.63. The first kappa shape index (κ1) is 13.4. The van der Waals surface area contributed by atoms with Crippen LogP contribution in [0.1, 0.15) is 6.92 Å². The molecular formula is C8H16N4O3. The average Bonchev–Trinajstić information content (AvgIpc) is 2.20. The lowest BCUT2D eigenvalue weighted by molar-refractivity contribution is -0.139. The minimum Gasteiger partial charge on any atom is -0.355 e. The number of nitrogens with two attached hydrogens (primary N) is 1. The molecule has 0 aromatic carbocycles. The summed E-state index contributed by atoms with van der Waals surface area (Å²) in [4.78, 5) is 32.4. The molecule has 0 heterocycles. The fourth-order valence-corrected chi connectivity index (χ4v) is 0.761. The van der Waals surface area contributed by atoms with Crippen molar-refractivity contribution >= 4 is 17.7 Å². The molecule has 0 aliphatic rings. The van der Waals surface area contributed by atoms with E-state index in [0.717, 1.165) is 0 Å². The summed E-state index contributed by atoms with van der Waals surface area (Å²) in [5.74, 6) is -1.63. The zero-order chi connectivity index (χ0) is 11.7. The molecule has 0 aromatic rings. The summed E-state index contributed by atoms with van der Waals surface area (Å²) in [5.41, 5.74) is 5.14. The first-order chi connectivity index (χ1) is 7.07. The number of nitrogens with one attached hydrogen (secondary N) is 3. The number of hydrogen-bond acceptors (Lipinski definition) is 4. The molecule has 0 aromatic heterocycles. The van der Waals surface area contributed by atoms with Crippen LogP contribution in [0.4, 0.5) is 0 Å². The van der Waals surface area contributed by atoms with Crippen molar-refractivity contribution in [3.8, 4) is 0 Å². The van der Waals surface area contributed by atoms with Gasteiger partial charge in [-0.05, 0) is 0 Å². The van der Waals surface area contributed by atoms with Crippen molar-refractivity contribution in [1.29, 1.82) is 0 Å². The first-order valence-corrected chi connectivity index (χ1v) is 4.58. The molecular weight excluding hydrogens is 200 g/mol. The van der Waals surface area contributed by atoms with Gasteiger partial charge in [0.15, 0.2) is 0 Å². The molecule has 0 unspecified atom stereocenters. The second-order valence-electron chi connectivity index (χ2n) is 2.78. The lowest BCUT2D eigenvalue weighted by atomic mass is 10.5. The van der Waals surface area contributed by atoms with Gasteiger partial charge in [-0.1, -0.05) is 0 Å². The maximum Gasteiger partial charge on any atom is 0.309 e. The Hall–Kier alpha value is -1.63. The number of carbonyl (C=O) groups is 3. The van der Waals surface area contributed by atoms with Crippen molar-refractivity contribution in [3.05, 3.63) is 0 Å². The Bertz CT molecular complexity index is 242. The maximum atomic E-state index is 11.0. The first-order valence-electron chi connectivity index (χ1n) is 4.58. The van der Waals surface area contributed by atoms with Crippen LogP contribution in [-0.2, 0) is 14.4 Å². The van der Waals surface area contributed by atoms with E-state index < -0.39 is 11.8 Å². The van der Waals surface area contributed by atoms with E-state index in [1.807, 2.05) is 0 Å². The largest absolute Gasteiger partial charge is 0.355 e. The summed E-state index contributed by atoms with van der Waals surface area (Å²) >= 11 is 0. The molecule has 7 heteroatoms. The fraction of sp³-hybridized carbons (Fsp3) is 0.625. The average molecular weight is 216 g/mol. The summed E-state index contributed by atoms with van der Waals surface area (Å²) in [6.45, 7) is 2.43.